The monoisotopic (exact) mass is 365 g/mol. The predicted octanol–water partition coefficient (Wildman–Crippen LogP) is 4.02. The van der Waals surface area contributed by atoms with Gasteiger partial charge >= 0.3 is 0 Å². The third kappa shape index (κ3) is 2.84. The SMILES string of the molecule is COc1nc2sccn2c1CNC(C)c1ccccc1Br. The molecule has 2 aromatic heterocycles. The highest BCUT2D eigenvalue weighted by Gasteiger charge is 2.15. The molecule has 0 aliphatic rings. The molecule has 0 amide bonds. The number of thiazole rings is 1. The molecule has 3 rings (SSSR count). The van der Waals surface area contributed by atoms with Crippen LogP contribution in [-0.2, 0) is 6.54 Å². The minimum absolute atomic E-state index is 0.231. The zero-order chi connectivity index (χ0) is 14.8. The molecule has 1 atom stereocenters. The van der Waals surface area contributed by atoms with Crippen LogP contribution in [0.1, 0.15) is 24.2 Å². The van der Waals surface area contributed by atoms with Gasteiger partial charge in [-0.3, -0.25) is 4.40 Å². The smallest absolute Gasteiger partial charge is 0.237 e. The first-order valence-corrected chi connectivity index (χ1v) is 8.34. The van der Waals surface area contributed by atoms with Crippen LogP contribution in [0.15, 0.2) is 40.3 Å². The Morgan fingerprint density at radius 1 is 1.43 bits per heavy atom. The highest BCUT2D eigenvalue weighted by Crippen LogP contribution is 2.26. The Morgan fingerprint density at radius 3 is 3.00 bits per heavy atom. The number of hydrogen-bond acceptors (Lipinski definition) is 4. The summed E-state index contributed by atoms with van der Waals surface area (Å²) in [6.45, 7) is 2.85. The Bertz CT molecular complexity index is 752. The van der Waals surface area contributed by atoms with Gasteiger partial charge in [-0.05, 0) is 18.6 Å². The fourth-order valence-electron chi connectivity index (χ4n) is 2.32. The van der Waals surface area contributed by atoms with Crippen LogP contribution in [0, 0.1) is 0 Å². The molecule has 0 bridgehead atoms. The molecule has 6 heteroatoms. The molecule has 21 heavy (non-hydrogen) atoms. The van der Waals surface area contributed by atoms with E-state index in [0.717, 1.165) is 15.1 Å². The lowest BCUT2D eigenvalue weighted by atomic mass is 10.1. The molecule has 0 radical (unpaired) electrons. The van der Waals surface area contributed by atoms with E-state index in [4.69, 9.17) is 4.74 Å². The van der Waals surface area contributed by atoms with Crippen molar-refractivity contribution in [1.29, 1.82) is 0 Å². The maximum absolute atomic E-state index is 5.38. The van der Waals surface area contributed by atoms with Crippen molar-refractivity contribution in [2.45, 2.75) is 19.5 Å². The van der Waals surface area contributed by atoms with E-state index in [1.165, 1.54) is 5.56 Å². The van der Waals surface area contributed by atoms with Crippen molar-refractivity contribution < 1.29 is 4.74 Å². The van der Waals surface area contributed by atoms with E-state index in [-0.39, 0.29) is 6.04 Å². The fraction of sp³-hybridized carbons (Fsp3) is 0.267. The van der Waals surface area contributed by atoms with Crippen molar-refractivity contribution in [2.24, 2.45) is 0 Å². The first-order chi connectivity index (χ1) is 10.2. The van der Waals surface area contributed by atoms with E-state index in [1.807, 2.05) is 17.6 Å². The summed E-state index contributed by atoms with van der Waals surface area (Å²) in [6.07, 6.45) is 2.02. The molecule has 1 unspecified atom stereocenters. The Morgan fingerprint density at radius 2 is 2.24 bits per heavy atom. The van der Waals surface area contributed by atoms with Gasteiger partial charge in [0.05, 0.1) is 7.11 Å². The van der Waals surface area contributed by atoms with Gasteiger partial charge in [0.2, 0.25) is 5.88 Å². The molecule has 0 aliphatic carbocycles. The number of ether oxygens (including phenoxy) is 1. The molecular weight excluding hydrogens is 350 g/mol. The summed E-state index contributed by atoms with van der Waals surface area (Å²) in [6, 6.07) is 8.48. The zero-order valence-electron chi connectivity index (χ0n) is 11.8. The van der Waals surface area contributed by atoms with E-state index in [2.05, 4.69) is 55.8 Å². The maximum atomic E-state index is 5.38. The van der Waals surface area contributed by atoms with E-state index < -0.39 is 0 Å². The summed E-state index contributed by atoms with van der Waals surface area (Å²) in [4.78, 5) is 5.43. The van der Waals surface area contributed by atoms with Crippen molar-refractivity contribution in [2.75, 3.05) is 7.11 Å². The number of fused-ring (bicyclic) bond motifs is 1. The van der Waals surface area contributed by atoms with Crippen molar-refractivity contribution in [3.05, 3.63) is 51.6 Å². The van der Waals surface area contributed by atoms with Crippen molar-refractivity contribution in [1.82, 2.24) is 14.7 Å². The number of imidazole rings is 1. The summed E-state index contributed by atoms with van der Waals surface area (Å²) < 4.78 is 8.57. The van der Waals surface area contributed by atoms with E-state index >= 15 is 0 Å². The Labute approximate surface area is 135 Å². The Hall–Kier alpha value is -1.37. The van der Waals surface area contributed by atoms with Crippen molar-refractivity contribution >= 4 is 32.2 Å². The zero-order valence-corrected chi connectivity index (χ0v) is 14.2. The Balaban J connectivity index is 1.80. The lowest BCUT2D eigenvalue weighted by molar-refractivity contribution is 0.391. The van der Waals surface area contributed by atoms with Gasteiger partial charge in [-0.1, -0.05) is 34.1 Å². The molecule has 2 heterocycles. The molecule has 3 aromatic rings. The molecule has 0 aliphatic heterocycles. The highest BCUT2D eigenvalue weighted by atomic mass is 79.9. The number of benzene rings is 1. The average Bonchev–Trinajstić information content (AvgIpc) is 3.06. The summed E-state index contributed by atoms with van der Waals surface area (Å²) in [7, 11) is 1.66. The molecule has 0 spiro atoms. The van der Waals surface area contributed by atoms with Gasteiger partial charge < -0.3 is 10.1 Å². The summed E-state index contributed by atoms with van der Waals surface area (Å²) in [5.74, 6) is 0.689. The molecule has 1 N–H and O–H groups in total. The van der Waals surface area contributed by atoms with Crippen LogP contribution in [-0.4, -0.2) is 16.5 Å². The fourth-order valence-corrected chi connectivity index (χ4v) is 3.68. The second-order valence-corrected chi connectivity index (χ2v) is 6.47. The van der Waals surface area contributed by atoms with Gasteiger partial charge in [-0.15, -0.1) is 11.3 Å². The van der Waals surface area contributed by atoms with Crippen LogP contribution in [0.2, 0.25) is 0 Å². The largest absolute Gasteiger partial charge is 0.480 e. The number of rotatable bonds is 5. The van der Waals surface area contributed by atoms with E-state index in [1.54, 1.807) is 18.4 Å². The Kier molecular flexibility index (Phi) is 4.28. The minimum Gasteiger partial charge on any atom is -0.480 e. The van der Waals surface area contributed by atoms with E-state index in [0.29, 0.717) is 12.4 Å². The quantitative estimate of drug-likeness (QED) is 0.741. The third-order valence-electron chi connectivity index (χ3n) is 3.47. The van der Waals surface area contributed by atoms with Crippen LogP contribution in [0.4, 0.5) is 0 Å². The van der Waals surface area contributed by atoms with Crippen LogP contribution < -0.4 is 10.1 Å². The van der Waals surface area contributed by atoms with Crippen molar-refractivity contribution in [3.8, 4) is 5.88 Å². The second-order valence-electron chi connectivity index (χ2n) is 4.75. The number of hydrogen-bond donors (Lipinski definition) is 1. The average molecular weight is 366 g/mol. The number of aromatic nitrogens is 2. The van der Waals surface area contributed by atoms with Gasteiger partial charge in [0.15, 0.2) is 4.96 Å². The van der Waals surface area contributed by atoms with Crippen LogP contribution in [0.5, 0.6) is 5.88 Å². The van der Waals surface area contributed by atoms with Crippen LogP contribution in [0.25, 0.3) is 4.96 Å². The number of nitrogens with zero attached hydrogens (tertiary/aromatic N) is 2. The third-order valence-corrected chi connectivity index (χ3v) is 4.94. The van der Waals surface area contributed by atoms with Gasteiger partial charge in [-0.2, -0.15) is 4.98 Å². The highest BCUT2D eigenvalue weighted by molar-refractivity contribution is 9.10. The predicted molar refractivity (Wildman–Crippen MR) is 89.0 cm³/mol. The summed E-state index contributed by atoms with van der Waals surface area (Å²) in [5, 5.41) is 5.56. The first kappa shape index (κ1) is 14.6. The lowest BCUT2D eigenvalue weighted by Gasteiger charge is -2.15. The molecule has 0 saturated carbocycles. The first-order valence-electron chi connectivity index (χ1n) is 6.67. The normalized spacial score (nSPS) is 12.7. The lowest BCUT2D eigenvalue weighted by Crippen LogP contribution is -2.19. The molecule has 110 valence electrons. The minimum atomic E-state index is 0.231. The number of nitrogens with one attached hydrogen (secondary N) is 1. The molecule has 4 nitrogen and oxygen atoms in total. The molecule has 0 fully saturated rings. The maximum Gasteiger partial charge on any atom is 0.237 e. The summed E-state index contributed by atoms with van der Waals surface area (Å²) >= 11 is 5.20. The van der Waals surface area contributed by atoms with Crippen molar-refractivity contribution in [3.63, 3.8) is 0 Å². The molecular formula is C15H16BrN3OS. The topological polar surface area (TPSA) is 38.6 Å². The van der Waals surface area contributed by atoms with E-state index in [9.17, 15) is 0 Å². The van der Waals surface area contributed by atoms with Crippen LogP contribution in [0.3, 0.4) is 0 Å². The molecule has 1 aromatic carbocycles. The molecule has 0 saturated heterocycles. The van der Waals surface area contributed by atoms with Gasteiger partial charge in [0.25, 0.3) is 0 Å². The van der Waals surface area contributed by atoms with Crippen LogP contribution >= 0.6 is 27.3 Å². The van der Waals surface area contributed by atoms with Gasteiger partial charge in [-0.25, -0.2) is 0 Å². The van der Waals surface area contributed by atoms with Gasteiger partial charge in [0, 0.05) is 28.6 Å². The number of halogens is 1. The summed E-state index contributed by atoms with van der Waals surface area (Å²) in [5.41, 5.74) is 2.29. The number of methoxy groups -OCH3 is 1. The second kappa shape index (κ2) is 6.17. The van der Waals surface area contributed by atoms with Gasteiger partial charge in [0.1, 0.15) is 5.69 Å². The standard InChI is InChI=1S/C15H16BrN3OS/c1-10(11-5-3-4-6-12(11)16)17-9-13-14(20-2)18-15-19(13)7-8-21-15/h3-8,10,17H,9H2,1-2H3.